The van der Waals surface area contributed by atoms with Crippen LogP contribution in [0.25, 0.3) is 0 Å². The molecule has 0 bridgehead atoms. The fourth-order valence-electron chi connectivity index (χ4n) is 2.56. The molecule has 2 atom stereocenters. The average molecular weight is 348 g/mol. The Morgan fingerprint density at radius 3 is 2.95 bits per heavy atom. The fourth-order valence-corrected chi connectivity index (χ4v) is 2.94. The van der Waals surface area contributed by atoms with E-state index in [1.165, 1.54) is 5.56 Å². The Bertz CT molecular complexity index is 642. The van der Waals surface area contributed by atoms with E-state index in [0.717, 1.165) is 21.5 Å². The van der Waals surface area contributed by atoms with Gasteiger partial charge in [0.15, 0.2) is 0 Å². The highest BCUT2D eigenvalue weighted by atomic mass is 79.9. The van der Waals surface area contributed by atoms with Gasteiger partial charge in [0.2, 0.25) is 0 Å². The van der Waals surface area contributed by atoms with Gasteiger partial charge in [-0.15, -0.1) is 0 Å². The van der Waals surface area contributed by atoms with Crippen LogP contribution < -0.4 is 15.2 Å². The average Bonchev–Trinajstić information content (AvgIpc) is 2.89. The lowest BCUT2D eigenvalue weighted by molar-refractivity contribution is 0.246. The molecule has 0 spiro atoms. The Hall–Kier alpha value is -1.52. The molecule has 2 aromatic carbocycles. The molecular formula is C17H18BrNO2. The van der Waals surface area contributed by atoms with Crippen LogP contribution in [0.2, 0.25) is 0 Å². The largest absolute Gasteiger partial charge is 0.493 e. The van der Waals surface area contributed by atoms with Crippen molar-refractivity contribution in [3.05, 3.63) is 58.1 Å². The molecule has 1 unspecified atom stereocenters. The molecule has 0 saturated carbocycles. The number of fused-ring (bicyclic) bond motifs is 1. The summed E-state index contributed by atoms with van der Waals surface area (Å²) in [5, 5.41) is 0. The van der Waals surface area contributed by atoms with Crippen LogP contribution in [0, 0.1) is 0 Å². The van der Waals surface area contributed by atoms with Crippen LogP contribution in [0.1, 0.15) is 30.0 Å². The number of halogens is 1. The van der Waals surface area contributed by atoms with Gasteiger partial charge in [0.1, 0.15) is 11.5 Å². The van der Waals surface area contributed by atoms with Crippen molar-refractivity contribution in [2.75, 3.05) is 13.2 Å². The third-order valence-corrected chi connectivity index (χ3v) is 4.19. The lowest BCUT2D eigenvalue weighted by Gasteiger charge is -2.16. The Morgan fingerprint density at radius 2 is 2.14 bits per heavy atom. The number of ether oxygens (including phenoxy) is 2. The third kappa shape index (κ3) is 3.06. The Morgan fingerprint density at radius 1 is 1.33 bits per heavy atom. The van der Waals surface area contributed by atoms with Gasteiger partial charge in [-0.3, -0.25) is 0 Å². The summed E-state index contributed by atoms with van der Waals surface area (Å²) in [4.78, 5) is 0. The number of benzene rings is 2. The summed E-state index contributed by atoms with van der Waals surface area (Å²) in [5.41, 5.74) is 8.25. The first-order valence-corrected chi connectivity index (χ1v) is 7.84. The molecule has 0 fully saturated rings. The van der Waals surface area contributed by atoms with Gasteiger partial charge >= 0.3 is 0 Å². The van der Waals surface area contributed by atoms with Crippen molar-refractivity contribution in [2.45, 2.75) is 18.9 Å². The molecule has 21 heavy (non-hydrogen) atoms. The third-order valence-electron chi connectivity index (χ3n) is 3.70. The minimum atomic E-state index is -0.0652. The smallest absolute Gasteiger partial charge is 0.124 e. The maximum atomic E-state index is 6.02. The van der Waals surface area contributed by atoms with E-state index >= 15 is 0 Å². The highest BCUT2D eigenvalue weighted by molar-refractivity contribution is 9.10. The lowest BCUT2D eigenvalue weighted by atomic mass is 10.0. The van der Waals surface area contributed by atoms with E-state index in [1.54, 1.807) is 0 Å². The highest BCUT2D eigenvalue weighted by Crippen LogP contribution is 2.35. The van der Waals surface area contributed by atoms with Crippen LogP contribution in [0.5, 0.6) is 11.5 Å². The normalized spacial score (nSPS) is 18.0. The minimum absolute atomic E-state index is 0.0652. The predicted molar refractivity (Wildman–Crippen MR) is 86.9 cm³/mol. The van der Waals surface area contributed by atoms with Crippen LogP contribution >= 0.6 is 15.9 Å². The van der Waals surface area contributed by atoms with E-state index in [4.69, 9.17) is 15.2 Å². The van der Waals surface area contributed by atoms with E-state index in [2.05, 4.69) is 22.0 Å². The number of nitrogens with two attached hydrogens (primary N) is 1. The zero-order valence-corrected chi connectivity index (χ0v) is 13.5. The topological polar surface area (TPSA) is 44.5 Å². The second-order valence-corrected chi connectivity index (χ2v) is 6.24. The molecule has 0 aromatic heterocycles. The molecule has 1 heterocycles. The van der Waals surface area contributed by atoms with Crippen molar-refractivity contribution in [1.82, 2.24) is 0 Å². The van der Waals surface area contributed by atoms with Gasteiger partial charge in [0.25, 0.3) is 0 Å². The van der Waals surface area contributed by atoms with Gasteiger partial charge in [0, 0.05) is 21.6 Å². The van der Waals surface area contributed by atoms with Crippen LogP contribution in [-0.4, -0.2) is 13.2 Å². The molecular weight excluding hydrogens is 330 g/mol. The van der Waals surface area contributed by atoms with Gasteiger partial charge in [-0.25, -0.2) is 0 Å². The number of hydrogen-bond acceptors (Lipinski definition) is 3. The van der Waals surface area contributed by atoms with Crippen LogP contribution in [0.15, 0.2) is 46.9 Å². The SMILES string of the molecule is C[C@H](N)c1cc(Br)ccc1OCC1COc2ccccc21. The Balaban J connectivity index is 1.75. The van der Waals surface area contributed by atoms with E-state index in [9.17, 15) is 0 Å². The molecule has 2 N–H and O–H groups in total. The standard InChI is InChI=1S/C17H18BrNO2/c1-11(19)15-8-13(18)6-7-17(15)21-10-12-9-20-16-5-3-2-4-14(12)16/h2-8,11-12H,9-10,19H2,1H3/t11-,12?/m0/s1. The highest BCUT2D eigenvalue weighted by Gasteiger charge is 2.24. The maximum Gasteiger partial charge on any atom is 0.124 e. The predicted octanol–water partition coefficient (Wildman–Crippen LogP) is 4.02. The molecule has 0 saturated heterocycles. The number of hydrogen-bond donors (Lipinski definition) is 1. The molecule has 110 valence electrons. The van der Waals surface area contributed by atoms with Crippen molar-refractivity contribution >= 4 is 15.9 Å². The van der Waals surface area contributed by atoms with Gasteiger partial charge in [0.05, 0.1) is 19.1 Å². The van der Waals surface area contributed by atoms with E-state index in [1.807, 2.05) is 43.3 Å². The quantitative estimate of drug-likeness (QED) is 0.908. The van der Waals surface area contributed by atoms with Crippen molar-refractivity contribution < 1.29 is 9.47 Å². The summed E-state index contributed by atoms with van der Waals surface area (Å²) in [7, 11) is 0. The zero-order chi connectivity index (χ0) is 14.8. The maximum absolute atomic E-state index is 6.02. The molecule has 0 amide bonds. The van der Waals surface area contributed by atoms with Crippen LogP contribution in [-0.2, 0) is 0 Å². The zero-order valence-electron chi connectivity index (χ0n) is 11.9. The van der Waals surface area contributed by atoms with E-state index in [-0.39, 0.29) is 12.0 Å². The first kappa shape index (κ1) is 14.4. The molecule has 1 aliphatic rings. The molecule has 2 aromatic rings. The van der Waals surface area contributed by atoms with E-state index in [0.29, 0.717) is 13.2 Å². The Labute approximate surface area is 133 Å². The molecule has 4 heteroatoms. The van der Waals surface area contributed by atoms with Crippen molar-refractivity contribution in [3.8, 4) is 11.5 Å². The lowest BCUT2D eigenvalue weighted by Crippen LogP contribution is -2.14. The molecule has 0 aliphatic carbocycles. The second kappa shape index (κ2) is 6.08. The van der Waals surface area contributed by atoms with Crippen LogP contribution in [0.4, 0.5) is 0 Å². The minimum Gasteiger partial charge on any atom is -0.493 e. The van der Waals surface area contributed by atoms with Crippen molar-refractivity contribution in [3.63, 3.8) is 0 Å². The second-order valence-electron chi connectivity index (χ2n) is 5.33. The van der Waals surface area contributed by atoms with Gasteiger partial charge in [-0.1, -0.05) is 34.1 Å². The summed E-state index contributed by atoms with van der Waals surface area (Å²) in [6, 6.07) is 14.0. The Kier molecular flexibility index (Phi) is 4.17. The molecule has 3 rings (SSSR count). The first-order chi connectivity index (χ1) is 10.1. The molecule has 0 radical (unpaired) electrons. The van der Waals surface area contributed by atoms with Crippen molar-refractivity contribution in [2.24, 2.45) is 5.73 Å². The summed E-state index contributed by atoms with van der Waals surface area (Å²) in [5.74, 6) is 2.08. The summed E-state index contributed by atoms with van der Waals surface area (Å²) in [6.07, 6.45) is 0. The van der Waals surface area contributed by atoms with Crippen LogP contribution in [0.3, 0.4) is 0 Å². The molecule has 1 aliphatic heterocycles. The van der Waals surface area contributed by atoms with Gasteiger partial charge < -0.3 is 15.2 Å². The number of para-hydroxylation sites is 1. The number of rotatable bonds is 4. The fraction of sp³-hybridized carbons (Fsp3) is 0.294. The summed E-state index contributed by atoms with van der Waals surface area (Å²) in [6.45, 7) is 3.23. The molecule has 3 nitrogen and oxygen atoms in total. The van der Waals surface area contributed by atoms with Gasteiger partial charge in [-0.2, -0.15) is 0 Å². The van der Waals surface area contributed by atoms with E-state index < -0.39 is 0 Å². The van der Waals surface area contributed by atoms with Gasteiger partial charge in [-0.05, 0) is 31.2 Å². The van der Waals surface area contributed by atoms with Crippen molar-refractivity contribution in [1.29, 1.82) is 0 Å². The summed E-state index contributed by atoms with van der Waals surface area (Å²) < 4.78 is 12.7. The first-order valence-electron chi connectivity index (χ1n) is 7.04. The summed E-state index contributed by atoms with van der Waals surface area (Å²) >= 11 is 3.47. The monoisotopic (exact) mass is 347 g/mol.